The number of primary amides is 1. The van der Waals surface area contributed by atoms with E-state index in [4.69, 9.17) is 5.73 Å². The van der Waals surface area contributed by atoms with E-state index in [-0.39, 0.29) is 12.4 Å². The second-order valence-corrected chi connectivity index (χ2v) is 4.76. The van der Waals surface area contributed by atoms with Gasteiger partial charge in [-0.1, -0.05) is 0 Å². The molecule has 1 unspecified atom stereocenters. The van der Waals surface area contributed by atoms with Crippen LogP contribution < -0.4 is 5.73 Å². The Balaban J connectivity index is 1.93. The number of carbonyl (C=O) groups excluding carboxylic acids is 1. The predicted molar refractivity (Wildman–Crippen MR) is 74.7 cm³/mol. The van der Waals surface area contributed by atoms with E-state index in [1.165, 1.54) is 16.8 Å². The summed E-state index contributed by atoms with van der Waals surface area (Å²) < 4.78 is 14.6. The number of aliphatic hydroxyl groups is 1. The number of benzene rings is 1. The molecule has 0 bridgehead atoms. The Hall–Kier alpha value is -2.67. The van der Waals surface area contributed by atoms with Crippen LogP contribution in [0.2, 0.25) is 0 Å². The minimum atomic E-state index is -1.28. The summed E-state index contributed by atoms with van der Waals surface area (Å²) >= 11 is 0. The molecule has 1 atom stereocenters. The van der Waals surface area contributed by atoms with Crippen molar-refractivity contribution in [3.63, 3.8) is 0 Å². The number of nitrogens with one attached hydrogen (secondary N) is 1. The van der Waals surface area contributed by atoms with Gasteiger partial charge in [0.25, 0.3) is 0 Å². The number of hydrogen-bond acceptors (Lipinski definition) is 3. The lowest BCUT2D eigenvalue weighted by molar-refractivity contribution is -0.126. The highest BCUT2D eigenvalue weighted by Gasteiger charge is 2.14. The lowest BCUT2D eigenvalue weighted by atomic mass is 10.1. The van der Waals surface area contributed by atoms with Crippen LogP contribution in [0.1, 0.15) is 0 Å². The Bertz CT molecular complexity index is 808. The minimum absolute atomic E-state index is 0.00762. The van der Waals surface area contributed by atoms with Gasteiger partial charge in [0, 0.05) is 34.4 Å². The van der Waals surface area contributed by atoms with Gasteiger partial charge in [0.05, 0.1) is 12.7 Å². The summed E-state index contributed by atoms with van der Waals surface area (Å²) in [6.07, 6.45) is 3.78. The zero-order chi connectivity index (χ0) is 15.0. The van der Waals surface area contributed by atoms with Gasteiger partial charge in [-0.25, -0.2) is 4.39 Å². The van der Waals surface area contributed by atoms with Crippen LogP contribution in [0, 0.1) is 5.82 Å². The lowest BCUT2D eigenvalue weighted by Gasteiger charge is -2.05. The highest BCUT2D eigenvalue weighted by atomic mass is 19.1. The van der Waals surface area contributed by atoms with E-state index in [0.29, 0.717) is 5.52 Å². The van der Waals surface area contributed by atoms with Crippen LogP contribution in [0.15, 0.2) is 36.8 Å². The summed E-state index contributed by atoms with van der Waals surface area (Å²) in [6, 6.07) is 4.49. The zero-order valence-electron chi connectivity index (χ0n) is 11.0. The average molecular weight is 288 g/mol. The van der Waals surface area contributed by atoms with Gasteiger partial charge < -0.3 is 15.8 Å². The Morgan fingerprint density at radius 1 is 1.52 bits per heavy atom. The maximum atomic E-state index is 13.2. The molecule has 0 saturated carbocycles. The van der Waals surface area contributed by atoms with Crippen molar-refractivity contribution in [2.24, 2.45) is 5.73 Å². The van der Waals surface area contributed by atoms with E-state index in [2.05, 4.69) is 10.1 Å². The molecule has 4 N–H and O–H groups in total. The van der Waals surface area contributed by atoms with E-state index >= 15 is 0 Å². The van der Waals surface area contributed by atoms with Gasteiger partial charge in [-0.05, 0) is 18.2 Å². The lowest BCUT2D eigenvalue weighted by Crippen LogP contribution is -2.32. The van der Waals surface area contributed by atoms with Crippen molar-refractivity contribution in [2.45, 2.75) is 12.6 Å². The van der Waals surface area contributed by atoms with Crippen LogP contribution in [0.5, 0.6) is 0 Å². The van der Waals surface area contributed by atoms with Crippen molar-refractivity contribution in [2.75, 3.05) is 0 Å². The van der Waals surface area contributed by atoms with Crippen molar-refractivity contribution in [1.29, 1.82) is 0 Å². The second kappa shape index (κ2) is 5.02. The standard InChI is InChI=1S/C14H13FN4O2/c15-9-1-2-10-11(5-17-12(10)3-9)8-4-18-19(6-8)7-13(20)14(16)21/h1-6,13,17,20H,7H2,(H2,16,21). The quantitative estimate of drug-likeness (QED) is 0.668. The summed E-state index contributed by atoms with van der Waals surface area (Å²) in [7, 11) is 0. The predicted octanol–water partition coefficient (Wildman–Crippen LogP) is 1.02. The first-order chi connectivity index (χ1) is 10.0. The number of hydrogen-bond donors (Lipinski definition) is 3. The number of aromatic amines is 1. The molecular weight excluding hydrogens is 275 g/mol. The molecule has 0 aliphatic heterocycles. The number of nitrogens with two attached hydrogens (primary N) is 1. The first-order valence-corrected chi connectivity index (χ1v) is 6.31. The fraction of sp³-hybridized carbons (Fsp3) is 0.143. The molecule has 1 amide bonds. The van der Waals surface area contributed by atoms with E-state index in [1.807, 2.05) is 0 Å². The molecule has 0 aliphatic rings. The highest BCUT2D eigenvalue weighted by molar-refractivity contribution is 5.95. The van der Waals surface area contributed by atoms with Gasteiger partial charge >= 0.3 is 0 Å². The van der Waals surface area contributed by atoms with Gasteiger partial charge in [0.15, 0.2) is 6.10 Å². The third-order valence-corrected chi connectivity index (χ3v) is 3.28. The highest BCUT2D eigenvalue weighted by Crippen LogP contribution is 2.28. The first kappa shape index (κ1) is 13.3. The molecule has 21 heavy (non-hydrogen) atoms. The molecule has 0 spiro atoms. The zero-order valence-corrected chi connectivity index (χ0v) is 11.0. The molecular formula is C14H13FN4O2. The van der Waals surface area contributed by atoms with E-state index in [1.54, 1.807) is 24.7 Å². The number of halogens is 1. The van der Waals surface area contributed by atoms with E-state index in [0.717, 1.165) is 16.5 Å². The fourth-order valence-corrected chi connectivity index (χ4v) is 2.21. The molecule has 0 radical (unpaired) electrons. The van der Waals surface area contributed by atoms with Crippen LogP contribution in [-0.2, 0) is 11.3 Å². The Kier molecular flexibility index (Phi) is 3.19. The van der Waals surface area contributed by atoms with E-state index in [9.17, 15) is 14.3 Å². The number of carbonyl (C=O) groups is 1. The van der Waals surface area contributed by atoms with Crippen LogP contribution in [-0.4, -0.2) is 31.9 Å². The number of aliphatic hydroxyl groups excluding tert-OH is 1. The largest absolute Gasteiger partial charge is 0.381 e. The van der Waals surface area contributed by atoms with Gasteiger partial charge in [0.1, 0.15) is 5.82 Å². The van der Waals surface area contributed by atoms with Crippen LogP contribution >= 0.6 is 0 Å². The Morgan fingerprint density at radius 2 is 2.33 bits per heavy atom. The minimum Gasteiger partial charge on any atom is -0.381 e. The van der Waals surface area contributed by atoms with Gasteiger partial charge in [-0.3, -0.25) is 9.48 Å². The Morgan fingerprint density at radius 3 is 3.10 bits per heavy atom. The van der Waals surface area contributed by atoms with Gasteiger partial charge in [-0.2, -0.15) is 5.10 Å². The van der Waals surface area contributed by atoms with Crippen molar-refractivity contribution in [1.82, 2.24) is 14.8 Å². The molecule has 3 aromatic rings. The molecule has 2 aromatic heterocycles. The third kappa shape index (κ3) is 2.50. The maximum Gasteiger partial charge on any atom is 0.248 e. The molecule has 7 heteroatoms. The number of amides is 1. The summed E-state index contributed by atoms with van der Waals surface area (Å²) in [6.45, 7) is -0.00762. The molecule has 3 rings (SSSR count). The molecule has 2 heterocycles. The summed E-state index contributed by atoms with van der Waals surface area (Å²) in [4.78, 5) is 13.8. The van der Waals surface area contributed by atoms with Crippen LogP contribution in [0.4, 0.5) is 4.39 Å². The Labute approximate surface area is 119 Å². The molecule has 108 valence electrons. The third-order valence-electron chi connectivity index (χ3n) is 3.28. The number of nitrogens with zero attached hydrogens (tertiary/aromatic N) is 2. The van der Waals surface area contributed by atoms with Gasteiger partial charge in [-0.15, -0.1) is 0 Å². The molecule has 0 aliphatic carbocycles. The van der Waals surface area contributed by atoms with Crippen molar-refractivity contribution in [3.05, 3.63) is 42.6 Å². The van der Waals surface area contributed by atoms with Crippen LogP contribution in [0.3, 0.4) is 0 Å². The molecule has 1 aromatic carbocycles. The smallest absolute Gasteiger partial charge is 0.248 e. The number of rotatable bonds is 4. The topological polar surface area (TPSA) is 96.9 Å². The SMILES string of the molecule is NC(=O)C(O)Cn1cc(-c2c[nH]c3cc(F)ccc23)cn1. The first-order valence-electron chi connectivity index (χ1n) is 6.31. The number of H-pyrrole nitrogens is 1. The summed E-state index contributed by atoms with van der Waals surface area (Å²) in [5.41, 5.74) is 7.35. The fourth-order valence-electron chi connectivity index (χ4n) is 2.21. The molecule has 6 nitrogen and oxygen atoms in total. The van der Waals surface area contributed by atoms with Crippen molar-refractivity contribution in [3.8, 4) is 11.1 Å². The molecule has 0 saturated heterocycles. The van der Waals surface area contributed by atoms with Gasteiger partial charge in [0.2, 0.25) is 5.91 Å². The van der Waals surface area contributed by atoms with E-state index < -0.39 is 12.0 Å². The van der Waals surface area contributed by atoms with Crippen LogP contribution in [0.25, 0.3) is 22.0 Å². The summed E-state index contributed by atoms with van der Waals surface area (Å²) in [5, 5.41) is 14.4. The van der Waals surface area contributed by atoms with Crippen molar-refractivity contribution < 1.29 is 14.3 Å². The second-order valence-electron chi connectivity index (χ2n) is 4.76. The average Bonchev–Trinajstić information content (AvgIpc) is 3.04. The number of fused-ring (bicyclic) bond motifs is 1. The monoisotopic (exact) mass is 288 g/mol. The number of aromatic nitrogens is 3. The normalized spacial score (nSPS) is 12.7. The van der Waals surface area contributed by atoms with Crippen molar-refractivity contribution >= 4 is 16.8 Å². The summed E-state index contributed by atoms with van der Waals surface area (Å²) in [5.74, 6) is -1.11. The maximum absolute atomic E-state index is 13.2. The molecule has 0 fully saturated rings.